The first-order chi connectivity index (χ1) is 11.4. The Bertz CT molecular complexity index is 755. The van der Waals surface area contributed by atoms with E-state index in [-0.39, 0.29) is 29.7 Å². The summed E-state index contributed by atoms with van der Waals surface area (Å²) in [6, 6.07) is 6.45. The number of nitrogens with one attached hydrogen (secondary N) is 2. The summed E-state index contributed by atoms with van der Waals surface area (Å²) in [4.78, 5) is 14.4. The van der Waals surface area contributed by atoms with Crippen molar-refractivity contribution in [1.29, 1.82) is 0 Å². The van der Waals surface area contributed by atoms with E-state index in [0.29, 0.717) is 19.0 Å². The molecule has 0 unspecified atom stereocenters. The highest BCUT2D eigenvalue weighted by molar-refractivity contribution is 14.0. The van der Waals surface area contributed by atoms with E-state index in [0.717, 1.165) is 22.5 Å². The lowest BCUT2D eigenvalue weighted by Crippen LogP contribution is -2.36. The first kappa shape index (κ1) is 20.9. The van der Waals surface area contributed by atoms with Crippen LogP contribution in [0.25, 0.3) is 0 Å². The zero-order chi connectivity index (χ0) is 17.7. The molecule has 0 amide bonds. The fourth-order valence-electron chi connectivity index (χ4n) is 2.39. The number of benzene rings is 1. The molecule has 2 N–H and O–H groups in total. The van der Waals surface area contributed by atoms with E-state index >= 15 is 0 Å². The number of nitro benzene ring substituents is 1. The zero-order valence-electron chi connectivity index (χ0n) is 14.7. The number of aromatic nitrogens is 2. The first-order valence-electron chi connectivity index (χ1n) is 7.59. The molecule has 1 aromatic heterocycles. The van der Waals surface area contributed by atoms with E-state index in [4.69, 9.17) is 0 Å². The summed E-state index contributed by atoms with van der Waals surface area (Å²) in [6.07, 6.45) is 0. The molecule has 2 rings (SSSR count). The third-order valence-electron chi connectivity index (χ3n) is 3.92. The van der Waals surface area contributed by atoms with E-state index in [1.54, 1.807) is 19.2 Å². The van der Waals surface area contributed by atoms with Crippen LogP contribution in [0.1, 0.15) is 22.5 Å². The van der Waals surface area contributed by atoms with Crippen LogP contribution < -0.4 is 10.6 Å². The first-order valence-corrected chi connectivity index (χ1v) is 7.59. The van der Waals surface area contributed by atoms with Gasteiger partial charge in [0.25, 0.3) is 5.69 Å². The average molecular weight is 458 g/mol. The molecule has 0 aliphatic heterocycles. The molecule has 2 aromatic rings. The van der Waals surface area contributed by atoms with Crippen LogP contribution in [0.2, 0.25) is 0 Å². The number of nitro groups is 1. The quantitative estimate of drug-likeness (QED) is 0.236. The maximum absolute atomic E-state index is 10.7. The zero-order valence-corrected chi connectivity index (χ0v) is 17.1. The van der Waals surface area contributed by atoms with Crippen molar-refractivity contribution in [1.82, 2.24) is 20.4 Å². The van der Waals surface area contributed by atoms with Gasteiger partial charge in [0.15, 0.2) is 5.96 Å². The van der Waals surface area contributed by atoms with Gasteiger partial charge in [-0.1, -0.05) is 12.1 Å². The van der Waals surface area contributed by atoms with Gasteiger partial charge in [0, 0.05) is 50.6 Å². The fraction of sp³-hybridized carbons (Fsp3) is 0.375. The molecule has 0 spiro atoms. The number of halogens is 1. The van der Waals surface area contributed by atoms with Crippen LogP contribution in [-0.4, -0.2) is 27.7 Å². The van der Waals surface area contributed by atoms with Crippen molar-refractivity contribution in [3.63, 3.8) is 0 Å². The Morgan fingerprint density at radius 1 is 1.24 bits per heavy atom. The summed E-state index contributed by atoms with van der Waals surface area (Å²) < 4.78 is 1.86. The van der Waals surface area contributed by atoms with Gasteiger partial charge in [0.05, 0.1) is 10.6 Å². The number of aliphatic imine (C=N–C) groups is 1. The Labute approximate surface area is 163 Å². The number of rotatable bonds is 5. The fourth-order valence-corrected chi connectivity index (χ4v) is 2.39. The lowest BCUT2D eigenvalue weighted by atomic mass is 10.2. The highest BCUT2D eigenvalue weighted by atomic mass is 127. The van der Waals surface area contributed by atoms with E-state index < -0.39 is 4.92 Å². The van der Waals surface area contributed by atoms with Gasteiger partial charge in [-0.05, 0) is 19.4 Å². The Kier molecular flexibility index (Phi) is 7.81. The summed E-state index contributed by atoms with van der Waals surface area (Å²) in [5.41, 5.74) is 4.29. The minimum Gasteiger partial charge on any atom is -0.352 e. The monoisotopic (exact) mass is 458 g/mol. The van der Waals surface area contributed by atoms with Gasteiger partial charge in [-0.3, -0.25) is 19.8 Å². The lowest BCUT2D eigenvalue weighted by Gasteiger charge is -2.12. The number of guanidine groups is 1. The predicted octanol–water partition coefficient (Wildman–Crippen LogP) is 2.43. The Morgan fingerprint density at radius 2 is 1.84 bits per heavy atom. The van der Waals surface area contributed by atoms with E-state index in [9.17, 15) is 10.1 Å². The second-order valence-electron chi connectivity index (χ2n) is 5.48. The summed E-state index contributed by atoms with van der Waals surface area (Å²) in [7, 11) is 3.63. The number of hydrogen-bond donors (Lipinski definition) is 2. The van der Waals surface area contributed by atoms with Gasteiger partial charge < -0.3 is 10.6 Å². The maximum atomic E-state index is 10.7. The van der Waals surface area contributed by atoms with Gasteiger partial charge in [-0.2, -0.15) is 5.10 Å². The van der Waals surface area contributed by atoms with Crippen LogP contribution in [0, 0.1) is 24.0 Å². The molecule has 8 nitrogen and oxygen atoms in total. The van der Waals surface area contributed by atoms with Gasteiger partial charge in [-0.25, -0.2) is 0 Å². The second-order valence-corrected chi connectivity index (χ2v) is 5.48. The highest BCUT2D eigenvalue weighted by Gasteiger charge is 2.10. The van der Waals surface area contributed by atoms with E-state index in [2.05, 4.69) is 20.7 Å². The molecule has 1 heterocycles. The molecule has 9 heteroatoms. The molecule has 0 saturated carbocycles. The SMILES string of the molecule is CN=C(NCc1ccc([N+](=O)[O-])cc1)NCc1c(C)nn(C)c1C.I. The predicted molar refractivity (Wildman–Crippen MR) is 108 cm³/mol. The molecular weight excluding hydrogens is 435 g/mol. The average Bonchev–Trinajstić information content (AvgIpc) is 2.81. The van der Waals surface area contributed by atoms with Crippen molar-refractivity contribution >= 4 is 35.6 Å². The van der Waals surface area contributed by atoms with Crippen LogP contribution in [-0.2, 0) is 20.1 Å². The maximum Gasteiger partial charge on any atom is 0.269 e. The third kappa shape index (κ3) is 5.41. The molecule has 0 bridgehead atoms. The summed E-state index contributed by atoms with van der Waals surface area (Å²) in [5, 5.41) is 21.5. The van der Waals surface area contributed by atoms with Gasteiger partial charge in [-0.15, -0.1) is 24.0 Å². The second kappa shape index (κ2) is 9.35. The molecule has 0 fully saturated rings. The molecule has 0 aliphatic carbocycles. The van der Waals surface area contributed by atoms with Crippen LogP contribution in [0.5, 0.6) is 0 Å². The van der Waals surface area contributed by atoms with Crippen molar-refractivity contribution in [2.24, 2.45) is 12.0 Å². The lowest BCUT2D eigenvalue weighted by molar-refractivity contribution is -0.384. The largest absolute Gasteiger partial charge is 0.352 e. The topological polar surface area (TPSA) is 97.4 Å². The van der Waals surface area contributed by atoms with Gasteiger partial charge in [0.2, 0.25) is 0 Å². The number of aryl methyl sites for hydroxylation is 2. The van der Waals surface area contributed by atoms with E-state index in [1.165, 1.54) is 12.1 Å². The molecule has 0 atom stereocenters. The Balaban J connectivity index is 0.00000312. The van der Waals surface area contributed by atoms with Crippen molar-refractivity contribution in [2.75, 3.05) is 7.05 Å². The summed E-state index contributed by atoms with van der Waals surface area (Å²) >= 11 is 0. The molecule has 0 aliphatic rings. The highest BCUT2D eigenvalue weighted by Crippen LogP contribution is 2.12. The van der Waals surface area contributed by atoms with Crippen molar-refractivity contribution in [2.45, 2.75) is 26.9 Å². The van der Waals surface area contributed by atoms with Crippen LogP contribution >= 0.6 is 24.0 Å². The molecule has 1 aromatic carbocycles. The third-order valence-corrected chi connectivity index (χ3v) is 3.92. The van der Waals surface area contributed by atoms with Crippen molar-refractivity contribution in [3.8, 4) is 0 Å². The number of non-ortho nitro benzene ring substituents is 1. The van der Waals surface area contributed by atoms with Gasteiger partial charge in [0.1, 0.15) is 0 Å². The molecule has 0 saturated heterocycles. The number of nitrogens with zero attached hydrogens (tertiary/aromatic N) is 4. The standard InChI is InChI=1S/C16H22N6O2.HI/c1-11-15(12(2)21(4)20-11)10-19-16(17-3)18-9-13-5-7-14(8-6-13)22(23)24;/h5-8H,9-10H2,1-4H3,(H2,17,18,19);1H. The summed E-state index contributed by atoms with van der Waals surface area (Å²) in [6.45, 7) is 5.18. The van der Waals surface area contributed by atoms with Crippen molar-refractivity contribution in [3.05, 3.63) is 56.9 Å². The summed E-state index contributed by atoms with van der Waals surface area (Å²) in [5.74, 6) is 0.663. The minimum absolute atomic E-state index is 0. The van der Waals surface area contributed by atoms with Crippen molar-refractivity contribution < 1.29 is 4.92 Å². The van der Waals surface area contributed by atoms with E-state index in [1.807, 2.05) is 25.6 Å². The van der Waals surface area contributed by atoms with Crippen LogP contribution in [0.3, 0.4) is 0 Å². The molecular formula is C16H23IN6O2. The molecule has 136 valence electrons. The van der Waals surface area contributed by atoms with Crippen LogP contribution in [0.4, 0.5) is 5.69 Å². The molecule has 0 radical (unpaired) electrons. The minimum atomic E-state index is -0.406. The van der Waals surface area contributed by atoms with Gasteiger partial charge >= 0.3 is 0 Å². The molecule has 25 heavy (non-hydrogen) atoms. The normalized spacial score (nSPS) is 11.0. The Morgan fingerprint density at radius 3 is 2.32 bits per heavy atom. The Hall–Kier alpha value is -2.17. The van der Waals surface area contributed by atoms with Crippen LogP contribution in [0.15, 0.2) is 29.3 Å². The number of hydrogen-bond acceptors (Lipinski definition) is 4. The smallest absolute Gasteiger partial charge is 0.269 e.